The topological polar surface area (TPSA) is 79.5 Å². The van der Waals surface area contributed by atoms with Crippen molar-refractivity contribution in [2.45, 2.75) is 13.2 Å². The van der Waals surface area contributed by atoms with Crippen LogP contribution >= 0.6 is 0 Å². The molecule has 2 N–H and O–H groups in total. The second kappa shape index (κ2) is 5.11. The maximum atomic E-state index is 5.71. The molecular weight excluding hydrogens is 246 g/mol. The van der Waals surface area contributed by atoms with Crippen molar-refractivity contribution in [3.05, 3.63) is 42.0 Å². The molecule has 1 aliphatic rings. The molecule has 0 unspecified atom stereocenters. The fraction of sp³-hybridized carbons (Fsp3) is 0.231. The number of rotatable bonds is 4. The molecule has 0 saturated heterocycles. The molecule has 6 heteroatoms. The molecule has 0 aliphatic carbocycles. The zero-order chi connectivity index (χ0) is 13.1. The number of nitrogens with two attached hydrogens (primary N) is 1. The molecule has 98 valence electrons. The van der Waals surface area contributed by atoms with Crippen molar-refractivity contribution in [1.82, 2.24) is 9.97 Å². The Morgan fingerprint density at radius 2 is 1.89 bits per heavy atom. The van der Waals surface area contributed by atoms with Crippen molar-refractivity contribution in [2.75, 3.05) is 6.79 Å². The monoisotopic (exact) mass is 259 g/mol. The van der Waals surface area contributed by atoms with E-state index in [-0.39, 0.29) is 13.4 Å². The third-order valence-corrected chi connectivity index (χ3v) is 2.75. The van der Waals surface area contributed by atoms with Crippen LogP contribution in [-0.4, -0.2) is 16.8 Å². The van der Waals surface area contributed by atoms with Gasteiger partial charge in [-0.25, -0.2) is 9.97 Å². The van der Waals surface area contributed by atoms with Gasteiger partial charge in [-0.15, -0.1) is 0 Å². The summed E-state index contributed by atoms with van der Waals surface area (Å²) in [5, 5.41) is 0. The number of aromatic nitrogens is 2. The maximum Gasteiger partial charge on any atom is 0.231 e. The van der Waals surface area contributed by atoms with E-state index in [0.717, 1.165) is 5.56 Å². The molecule has 1 aromatic heterocycles. The Morgan fingerprint density at radius 1 is 1.16 bits per heavy atom. The van der Waals surface area contributed by atoms with Crippen LogP contribution < -0.4 is 19.9 Å². The van der Waals surface area contributed by atoms with Gasteiger partial charge in [-0.3, -0.25) is 0 Å². The van der Waals surface area contributed by atoms with Crippen LogP contribution in [0.4, 0.5) is 0 Å². The van der Waals surface area contributed by atoms with Gasteiger partial charge < -0.3 is 19.9 Å². The van der Waals surface area contributed by atoms with Gasteiger partial charge in [0.1, 0.15) is 12.4 Å². The fourth-order valence-electron chi connectivity index (χ4n) is 1.81. The van der Waals surface area contributed by atoms with Crippen LogP contribution in [0.2, 0.25) is 0 Å². The molecule has 0 amide bonds. The van der Waals surface area contributed by atoms with Crippen molar-refractivity contribution in [3.63, 3.8) is 0 Å². The molecule has 1 aromatic carbocycles. The lowest BCUT2D eigenvalue weighted by molar-refractivity contribution is 0.173. The molecule has 1 aliphatic heterocycles. The van der Waals surface area contributed by atoms with Gasteiger partial charge in [0.2, 0.25) is 6.79 Å². The van der Waals surface area contributed by atoms with E-state index < -0.39 is 0 Å². The Hall–Kier alpha value is -2.34. The molecule has 6 nitrogen and oxygen atoms in total. The minimum Gasteiger partial charge on any atom is -0.485 e. The first-order valence-corrected chi connectivity index (χ1v) is 5.88. The lowest BCUT2D eigenvalue weighted by atomic mass is 10.2. The molecule has 0 fully saturated rings. The Kier molecular flexibility index (Phi) is 3.16. The summed E-state index contributed by atoms with van der Waals surface area (Å²) < 4.78 is 16.3. The lowest BCUT2D eigenvalue weighted by Crippen LogP contribution is -2.05. The summed E-state index contributed by atoms with van der Waals surface area (Å²) in [4.78, 5) is 8.20. The Balaban J connectivity index is 1.80. The maximum absolute atomic E-state index is 5.71. The van der Waals surface area contributed by atoms with E-state index in [1.54, 1.807) is 24.5 Å². The number of hydrogen-bond donors (Lipinski definition) is 1. The van der Waals surface area contributed by atoms with E-state index in [1.807, 2.05) is 6.07 Å². The predicted octanol–water partition coefficient (Wildman–Crippen LogP) is 1.24. The molecule has 0 bridgehead atoms. The molecule has 19 heavy (non-hydrogen) atoms. The zero-order valence-electron chi connectivity index (χ0n) is 10.2. The first-order valence-electron chi connectivity index (χ1n) is 5.88. The van der Waals surface area contributed by atoms with E-state index in [9.17, 15) is 0 Å². The Bertz CT molecular complexity index is 575. The SMILES string of the molecule is NCc1cc2c(cc1OCc1ncccn1)OCO2. The highest BCUT2D eigenvalue weighted by Crippen LogP contribution is 2.38. The largest absolute Gasteiger partial charge is 0.485 e. The summed E-state index contributed by atoms with van der Waals surface area (Å²) in [6, 6.07) is 5.38. The lowest BCUT2D eigenvalue weighted by Gasteiger charge is -2.10. The molecule has 2 heterocycles. The Morgan fingerprint density at radius 3 is 2.63 bits per heavy atom. The van der Waals surface area contributed by atoms with Crippen LogP contribution in [-0.2, 0) is 13.2 Å². The average molecular weight is 259 g/mol. The molecule has 0 saturated carbocycles. The van der Waals surface area contributed by atoms with Gasteiger partial charge in [0.25, 0.3) is 0 Å². The summed E-state index contributed by atoms with van der Waals surface area (Å²) in [5.74, 6) is 2.65. The highest BCUT2D eigenvalue weighted by Gasteiger charge is 2.17. The van der Waals surface area contributed by atoms with Gasteiger partial charge in [0.15, 0.2) is 17.3 Å². The molecule has 0 spiro atoms. The van der Waals surface area contributed by atoms with Crippen molar-refractivity contribution in [2.24, 2.45) is 5.73 Å². The molecule has 2 aromatic rings. The summed E-state index contributed by atoms with van der Waals surface area (Å²) in [6.07, 6.45) is 3.35. The van der Waals surface area contributed by atoms with E-state index in [2.05, 4.69) is 9.97 Å². The van der Waals surface area contributed by atoms with Gasteiger partial charge in [-0.05, 0) is 12.1 Å². The summed E-state index contributed by atoms with van der Waals surface area (Å²) in [5.41, 5.74) is 6.57. The highest BCUT2D eigenvalue weighted by atomic mass is 16.7. The minimum atomic E-state index is 0.227. The molecular formula is C13H13N3O3. The smallest absolute Gasteiger partial charge is 0.231 e. The average Bonchev–Trinajstić information content (AvgIpc) is 2.92. The van der Waals surface area contributed by atoms with Crippen LogP contribution in [0.15, 0.2) is 30.6 Å². The van der Waals surface area contributed by atoms with Gasteiger partial charge in [0.05, 0.1) is 0 Å². The number of ether oxygens (including phenoxy) is 3. The van der Waals surface area contributed by atoms with E-state index in [4.69, 9.17) is 19.9 Å². The predicted molar refractivity (Wildman–Crippen MR) is 66.8 cm³/mol. The first kappa shape index (κ1) is 11.7. The number of nitrogens with zero attached hydrogens (tertiary/aromatic N) is 2. The van der Waals surface area contributed by atoms with Crippen molar-refractivity contribution < 1.29 is 14.2 Å². The Labute approximate surface area is 110 Å². The second-order valence-corrected chi connectivity index (χ2v) is 3.97. The van der Waals surface area contributed by atoms with Crippen LogP contribution in [0, 0.1) is 0 Å². The van der Waals surface area contributed by atoms with Crippen molar-refractivity contribution in [3.8, 4) is 17.2 Å². The van der Waals surface area contributed by atoms with Crippen molar-refractivity contribution >= 4 is 0 Å². The third-order valence-electron chi connectivity index (χ3n) is 2.75. The summed E-state index contributed by atoms with van der Waals surface area (Å²) in [7, 11) is 0. The standard InChI is InChI=1S/C13H13N3O3/c14-6-9-4-11-12(19-8-18-11)5-10(9)17-7-13-15-2-1-3-16-13/h1-5H,6-8,14H2. The zero-order valence-corrected chi connectivity index (χ0v) is 10.2. The molecule has 3 rings (SSSR count). The highest BCUT2D eigenvalue weighted by molar-refractivity contribution is 5.51. The van der Waals surface area contributed by atoms with Gasteiger partial charge in [0, 0.05) is 30.6 Å². The minimum absolute atomic E-state index is 0.227. The second-order valence-electron chi connectivity index (χ2n) is 3.97. The fourth-order valence-corrected chi connectivity index (χ4v) is 1.81. The molecule has 0 radical (unpaired) electrons. The summed E-state index contributed by atoms with van der Waals surface area (Å²) >= 11 is 0. The van der Waals surface area contributed by atoms with Crippen LogP contribution in [0.5, 0.6) is 17.2 Å². The van der Waals surface area contributed by atoms with Crippen LogP contribution in [0.1, 0.15) is 11.4 Å². The van der Waals surface area contributed by atoms with Crippen LogP contribution in [0.3, 0.4) is 0 Å². The number of benzene rings is 1. The van der Waals surface area contributed by atoms with Gasteiger partial charge >= 0.3 is 0 Å². The number of hydrogen-bond acceptors (Lipinski definition) is 6. The molecule has 0 atom stereocenters. The third kappa shape index (κ3) is 2.43. The van der Waals surface area contributed by atoms with E-state index in [0.29, 0.717) is 29.6 Å². The van der Waals surface area contributed by atoms with Crippen molar-refractivity contribution in [1.29, 1.82) is 0 Å². The first-order chi connectivity index (χ1) is 9.36. The van der Waals surface area contributed by atoms with Gasteiger partial charge in [-0.1, -0.05) is 0 Å². The van der Waals surface area contributed by atoms with E-state index >= 15 is 0 Å². The quantitative estimate of drug-likeness (QED) is 0.890. The summed E-state index contributed by atoms with van der Waals surface area (Å²) in [6.45, 7) is 0.875. The van der Waals surface area contributed by atoms with Gasteiger partial charge in [-0.2, -0.15) is 0 Å². The normalized spacial score (nSPS) is 12.5. The van der Waals surface area contributed by atoms with E-state index in [1.165, 1.54) is 0 Å². The number of fused-ring (bicyclic) bond motifs is 1. The van der Waals surface area contributed by atoms with Crippen LogP contribution in [0.25, 0.3) is 0 Å².